The summed E-state index contributed by atoms with van der Waals surface area (Å²) in [7, 11) is 0. The highest BCUT2D eigenvalue weighted by molar-refractivity contribution is 8.14. The fraction of sp³-hybridized carbons (Fsp3) is 0.167. The molecule has 4 aromatic carbocycles. The van der Waals surface area contributed by atoms with E-state index in [0.717, 1.165) is 11.1 Å². The molecule has 7 heteroatoms. The lowest BCUT2D eigenvalue weighted by molar-refractivity contribution is 0.163. The lowest BCUT2D eigenvalue weighted by atomic mass is 9.95. The van der Waals surface area contributed by atoms with Gasteiger partial charge in [0.15, 0.2) is 0 Å². The molecule has 1 saturated heterocycles. The fourth-order valence-electron chi connectivity index (χ4n) is 4.75. The first-order valence-corrected chi connectivity index (χ1v) is 12.9. The van der Waals surface area contributed by atoms with E-state index in [-0.39, 0.29) is 27.8 Å². The number of aliphatic hydroxyl groups is 1. The fourth-order valence-corrected chi connectivity index (χ4v) is 6.00. The Kier molecular flexibility index (Phi) is 7.17. The standard InChI is InChI=1S/C30H26FNO4S/c31-22-10-6-21(7-11-22)26(34)16-17-28-29(25-15-14-24(33)18-27(25)35)32(30(36)37-28)23-12-8-20(9-13-23)19-4-2-1-3-5-19/h1-15,18,26,28-29,33-35H,16-17H2/t26-,28+,29+/m0/s1. The van der Waals surface area contributed by atoms with Gasteiger partial charge in [-0.3, -0.25) is 9.69 Å². The maximum atomic E-state index is 13.3. The van der Waals surface area contributed by atoms with Crippen LogP contribution in [-0.4, -0.2) is 25.8 Å². The molecule has 4 aromatic rings. The molecule has 1 aliphatic heterocycles. The number of halogens is 1. The molecule has 1 heterocycles. The summed E-state index contributed by atoms with van der Waals surface area (Å²) in [6, 6.07) is 27.2. The lowest BCUT2D eigenvalue weighted by Gasteiger charge is -2.29. The summed E-state index contributed by atoms with van der Waals surface area (Å²) in [6.07, 6.45) is 0.00943. The van der Waals surface area contributed by atoms with Crippen LogP contribution in [0.2, 0.25) is 0 Å². The first-order chi connectivity index (χ1) is 17.9. The van der Waals surface area contributed by atoms with Crippen molar-refractivity contribution < 1.29 is 24.5 Å². The number of aliphatic hydroxyl groups excluding tert-OH is 1. The predicted molar refractivity (Wildman–Crippen MR) is 144 cm³/mol. The van der Waals surface area contributed by atoms with Gasteiger partial charge in [0.1, 0.15) is 17.3 Å². The molecule has 3 atom stereocenters. The summed E-state index contributed by atoms with van der Waals surface area (Å²) in [5, 5.41) is 30.8. The normalized spacial score (nSPS) is 18.2. The number of carbonyl (C=O) groups is 1. The lowest BCUT2D eigenvalue weighted by Crippen LogP contribution is -2.29. The molecule has 0 unspecified atom stereocenters. The van der Waals surface area contributed by atoms with E-state index in [0.29, 0.717) is 29.7 Å². The van der Waals surface area contributed by atoms with Gasteiger partial charge in [0.05, 0.1) is 12.1 Å². The van der Waals surface area contributed by atoms with Gasteiger partial charge in [-0.05, 0) is 65.9 Å². The number of aromatic hydroxyl groups is 2. The molecule has 1 amide bonds. The maximum absolute atomic E-state index is 13.3. The summed E-state index contributed by atoms with van der Waals surface area (Å²) in [4.78, 5) is 15.0. The second kappa shape index (κ2) is 10.7. The van der Waals surface area contributed by atoms with E-state index in [1.54, 1.807) is 23.1 Å². The van der Waals surface area contributed by atoms with Crippen LogP contribution in [0.3, 0.4) is 0 Å². The molecule has 5 nitrogen and oxygen atoms in total. The van der Waals surface area contributed by atoms with Crippen LogP contribution in [-0.2, 0) is 0 Å². The van der Waals surface area contributed by atoms with Gasteiger partial charge in [0.2, 0.25) is 0 Å². The Morgan fingerprint density at radius 1 is 0.865 bits per heavy atom. The topological polar surface area (TPSA) is 81.0 Å². The smallest absolute Gasteiger partial charge is 0.287 e. The summed E-state index contributed by atoms with van der Waals surface area (Å²) >= 11 is 1.17. The van der Waals surface area contributed by atoms with Crippen molar-refractivity contribution >= 4 is 22.7 Å². The number of thioether (sulfide) groups is 1. The second-order valence-electron chi connectivity index (χ2n) is 9.04. The van der Waals surface area contributed by atoms with Gasteiger partial charge in [-0.25, -0.2) is 4.39 Å². The number of phenolic OH excluding ortho intramolecular Hbond substituents is 2. The number of phenols is 2. The summed E-state index contributed by atoms with van der Waals surface area (Å²) in [6.45, 7) is 0. The van der Waals surface area contributed by atoms with Gasteiger partial charge < -0.3 is 15.3 Å². The molecule has 1 aliphatic rings. The zero-order chi connectivity index (χ0) is 25.9. The maximum Gasteiger partial charge on any atom is 0.287 e. The van der Waals surface area contributed by atoms with E-state index in [4.69, 9.17) is 0 Å². The molecule has 0 aromatic heterocycles. The molecule has 37 heavy (non-hydrogen) atoms. The molecular formula is C30H26FNO4S. The molecule has 5 rings (SSSR count). The van der Waals surface area contributed by atoms with Crippen molar-refractivity contribution in [1.82, 2.24) is 0 Å². The first kappa shape index (κ1) is 24.9. The van der Waals surface area contributed by atoms with Crippen LogP contribution in [0.4, 0.5) is 14.9 Å². The molecule has 0 saturated carbocycles. The van der Waals surface area contributed by atoms with Gasteiger partial charge in [-0.1, -0.05) is 66.4 Å². The monoisotopic (exact) mass is 515 g/mol. The van der Waals surface area contributed by atoms with Gasteiger partial charge in [-0.2, -0.15) is 0 Å². The zero-order valence-electron chi connectivity index (χ0n) is 19.9. The van der Waals surface area contributed by atoms with E-state index in [9.17, 15) is 24.5 Å². The van der Waals surface area contributed by atoms with E-state index in [1.165, 1.54) is 36.0 Å². The van der Waals surface area contributed by atoms with Crippen LogP contribution in [0.5, 0.6) is 11.5 Å². The number of amides is 1. The minimum absolute atomic E-state index is 0.0692. The average molecular weight is 516 g/mol. The van der Waals surface area contributed by atoms with Crippen LogP contribution >= 0.6 is 11.8 Å². The highest BCUT2D eigenvalue weighted by atomic mass is 32.2. The number of hydrogen-bond donors (Lipinski definition) is 3. The Morgan fingerprint density at radius 2 is 1.54 bits per heavy atom. The van der Waals surface area contributed by atoms with Crippen LogP contribution in [0, 0.1) is 5.82 Å². The van der Waals surface area contributed by atoms with E-state index >= 15 is 0 Å². The Morgan fingerprint density at radius 3 is 2.22 bits per heavy atom. The van der Waals surface area contributed by atoms with Crippen LogP contribution < -0.4 is 4.90 Å². The van der Waals surface area contributed by atoms with Crippen LogP contribution in [0.15, 0.2) is 97.1 Å². The average Bonchev–Trinajstić information content (AvgIpc) is 3.23. The highest BCUT2D eigenvalue weighted by Gasteiger charge is 2.43. The number of anilines is 1. The molecule has 1 fully saturated rings. The summed E-state index contributed by atoms with van der Waals surface area (Å²) < 4.78 is 13.3. The largest absolute Gasteiger partial charge is 0.508 e. The Balaban J connectivity index is 1.44. The number of hydrogen-bond acceptors (Lipinski definition) is 5. The number of carbonyl (C=O) groups excluding carboxylic acids is 1. The molecular weight excluding hydrogens is 489 g/mol. The third-order valence-electron chi connectivity index (χ3n) is 6.64. The van der Waals surface area contributed by atoms with Crippen LogP contribution in [0.1, 0.15) is 36.1 Å². The number of rotatable bonds is 7. The van der Waals surface area contributed by atoms with Crippen LogP contribution in [0.25, 0.3) is 11.1 Å². The van der Waals surface area contributed by atoms with Crippen molar-refractivity contribution in [2.24, 2.45) is 0 Å². The number of nitrogens with zero attached hydrogens (tertiary/aromatic N) is 1. The van der Waals surface area contributed by atoms with Crippen molar-refractivity contribution in [1.29, 1.82) is 0 Å². The van der Waals surface area contributed by atoms with Crippen molar-refractivity contribution in [2.45, 2.75) is 30.2 Å². The highest BCUT2D eigenvalue weighted by Crippen LogP contribution is 2.49. The Labute approximate surface area is 218 Å². The summed E-state index contributed by atoms with van der Waals surface area (Å²) in [5.41, 5.74) is 3.90. The third-order valence-corrected chi connectivity index (χ3v) is 7.84. The molecule has 188 valence electrons. The summed E-state index contributed by atoms with van der Waals surface area (Å²) in [5.74, 6) is -0.541. The van der Waals surface area contributed by atoms with Gasteiger partial charge in [0.25, 0.3) is 5.24 Å². The van der Waals surface area contributed by atoms with Gasteiger partial charge >= 0.3 is 0 Å². The number of benzene rings is 4. The Bertz CT molecular complexity index is 1380. The van der Waals surface area contributed by atoms with Crippen molar-refractivity contribution in [2.75, 3.05) is 4.90 Å². The molecule has 0 radical (unpaired) electrons. The molecule has 0 aliphatic carbocycles. The van der Waals surface area contributed by atoms with E-state index < -0.39 is 12.1 Å². The van der Waals surface area contributed by atoms with Crippen molar-refractivity contribution in [3.05, 3.63) is 114 Å². The quantitative estimate of drug-likeness (QED) is 0.242. The SMILES string of the molecule is O=C1S[C@H](CC[C@H](O)c2ccc(F)cc2)[C@@H](c2ccc(O)cc2O)N1c1ccc(-c2ccccc2)cc1. The first-order valence-electron chi connectivity index (χ1n) is 12.0. The van der Waals surface area contributed by atoms with Gasteiger partial charge in [0, 0.05) is 22.6 Å². The molecule has 0 spiro atoms. The van der Waals surface area contributed by atoms with Crippen molar-refractivity contribution in [3.8, 4) is 22.6 Å². The zero-order valence-corrected chi connectivity index (χ0v) is 20.7. The molecule has 3 N–H and O–H groups in total. The van der Waals surface area contributed by atoms with E-state index in [1.807, 2.05) is 54.6 Å². The van der Waals surface area contributed by atoms with Gasteiger partial charge in [-0.15, -0.1) is 0 Å². The Hall–Kier alpha value is -3.81. The second-order valence-corrected chi connectivity index (χ2v) is 10.2. The minimum Gasteiger partial charge on any atom is -0.508 e. The van der Waals surface area contributed by atoms with E-state index in [2.05, 4.69) is 0 Å². The van der Waals surface area contributed by atoms with Crippen molar-refractivity contribution in [3.63, 3.8) is 0 Å². The third kappa shape index (κ3) is 5.33. The minimum atomic E-state index is -0.815. The molecule has 0 bridgehead atoms. The predicted octanol–water partition coefficient (Wildman–Crippen LogP) is 7.20.